The van der Waals surface area contributed by atoms with E-state index in [2.05, 4.69) is 0 Å². The zero-order valence-corrected chi connectivity index (χ0v) is 10.1. The molecule has 4 N–H and O–H groups in total. The summed E-state index contributed by atoms with van der Waals surface area (Å²) in [6.07, 6.45) is 0. The second kappa shape index (κ2) is 4.95. The SMILES string of the molecule is CC(C)(COc1cc(C(=O)O)ccc1N)C(=O)O. The molecule has 0 aliphatic rings. The van der Waals surface area contributed by atoms with Crippen LogP contribution >= 0.6 is 0 Å². The van der Waals surface area contributed by atoms with Crippen molar-refractivity contribution in [2.24, 2.45) is 5.41 Å². The van der Waals surface area contributed by atoms with Crippen molar-refractivity contribution in [1.29, 1.82) is 0 Å². The van der Waals surface area contributed by atoms with Gasteiger partial charge in [0.15, 0.2) is 0 Å². The van der Waals surface area contributed by atoms with E-state index in [1.54, 1.807) is 0 Å². The second-order valence-corrected chi connectivity index (χ2v) is 4.54. The summed E-state index contributed by atoms with van der Waals surface area (Å²) in [6.45, 7) is 2.91. The zero-order chi connectivity index (χ0) is 13.9. The quantitative estimate of drug-likeness (QED) is 0.685. The van der Waals surface area contributed by atoms with Gasteiger partial charge in [-0.1, -0.05) is 0 Å². The second-order valence-electron chi connectivity index (χ2n) is 4.54. The fourth-order valence-electron chi connectivity index (χ4n) is 1.11. The number of ether oxygens (including phenoxy) is 1. The average molecular weight is 253 g/mol. The van der Waals surface area contributed by atoms with Gasteiger partial charge in [-0.2, -0.15) is 0 Å². The molecule has 0 fully saturated rings. The van der Waals surface area contributed by atoms with Crippen LogP contribution in [-0.4, -0.2) is 28.8 Å². The molecule has 0 aliphatic carbocycles. The van der Waals surface area contributed by atoms with Gasteiger partial charge in [-0.15, -0.1) is 0 Å². The minimum absolute atomic E-state index is 0.0346. The molecule has 1 rings (SSSR count). The Morgan fingerprint density at radius 1 is 1.33 bits per heavy atom. The summed E-state index contributed by atoms with van der Waals surface area (Å²) >= 11 is 0. The van der Waals surface area contributed by atoms with Crippen molar-refractivity contribution in [3.05, 3.63) is 23.8 Å². The number of anilines is 1. The summed E-state index contributed by atoms with van der Waals surface area (Å²) in [6, 6.07) is 4.04. The monoisotopic (exact) mass is 253 g/mol. The van der Waals surface area contributed by atoms with Crippen LogP contribution in [0.25, 0.3) is 0 Å². The number of hydrogen-bond donors (Lipinski definition) is 3. The van der Waals surface area contributed by atoms with Crippen molar-refractivity contribution in [2.75, 3.05) is 12.3 Å². The Morgan fingerprint density at radius 3 is 2.44 bits per heavy atom. The van der Waals surface area contributed by atoms with Crippen LogP contribution in [-0.2, 0) is 4.79 Å². The Labute approximate surface area is 104 Å². The van der Waals surface area contributed by atoms with Crippen molar-refractivity contribution in [1.82, 2.24) is 0 Å². The van der Waals surface area contributed by atoms with Crippen LogP contribution in [0.1, 0.15) is 24.2 Å². The largest absolute Gasteiger partial charge is 0.490 e. The van der Waals surface area contributed by atoms with Crippen LogP contribution in [0.5, 0.6) is 5.75 Å². The number of nitrogens with two attached hydrogens (primary N) is 1. The normalized spacial score (nSPS) is 11.0. The number of aliphatic carboxylic acids is 1. The predicted molar refractivity (Wildman–Crippen MR) is 64.7 cm³/mol. The van der Waals surface area contributed by atoms with E-state index >= 15 is 0 Å². The molecule has 0 saturated carbocycles. The van der Waals surface area contributed by atoms with E-state index in [4.69, 9.17) is 20.7 Å². The highest BCUT2D eigenvalue weighted by Crippen LogP contribution is 2.25. The fourth-order valence-corrected chi connectivity index (χ4v) is 1.11. The van der Waals surface area contributed by atoms with E-state index < -0.39 is 17.4 Å². The first-order valence-corrected chi connectivity index (χ1v) is 5.23. The van der Waals surface area contributed by atoms with Gasteiger partial charge in [0, 0.05) is 0 Å². The lowest BCUT2D eigenvalue weighted by atomic mass is 9.95. The standard InChI is InChI=1S/C12H15NO5/c1-12(2,11(16)17)6-18-9-5-7(10(14)15)3-4-8(9)13/h3-5H,6,13H2,1-2H3,(H,14,15)(H,16,17). The summed E-state index contributed by atoms with van der Waals surface area (Å²) in [5.41, 5.74) is 4.85. The van der Waals surface area contributed by atoms with E-state index in [1.165, 1.54) is 32.0 Å². The average Bonchev–Trinajstić information content (AvgIpc) is 2.27. The fraction of sp³-hybridized carbons (Fsp3) is 0.333. The molecule has 0 heterocycles. The Balaban J connectivity index is 2.88. The van der Waals surface area contributed by atoms with Gasteiger partial charge in [-0.25, -0.2) is 4.79 Å². The van der Waals surface area contributed by atoms with Gasteiger partial charge < -0.3 is 20.7 Å². The third-order valence-electron chi connectivity index (χ3n) is 2.43. The summed E-state index contributed by atoms with van der Waals surface area (Å²) in [5, 5.41) is 17.8. The first kappa shape index (κ1) is 13.8. The molecule has 0 unspecified atom stereocenters. The van der Waals surface area contributed by atoms with Crippen molar-refractivity contribution < 1.29 is 24.5 Å². The Morgan fingerprint density at radius 2 is 1.94 bits per heavy atom. The van der Waals surface area contributed by atoms with Gasteiger partial charge in [0.25, 0.3) is 0 Å². The highest BCUT2D eigenvalue weighted by atomic mass is 16.5. The number of hydrogen-bond acceptors (Lipinski definition) is 4. The van der Waals surface area contributed by atoms with E-state index in [9.17, 15) is 9.59 Å². The molecule has 0 radical (unpaired) electrons. The van der Waals surface area contributed by atoms with Crippen LogP contribution in [0.3, 0.4) is 0 Å². The summed E-state index contributed by atoms with van der Waals surface area (Å²) < 4.78 is 5.28. The molecule has 0 spiro atoms. The number of carbonyl (C=O) groups is 2. The highest BCUT2D eigenvalue weighted by molar-refractivity contribution is 5.89. The summed E-state index contributed by atoms with van der Waals surface area (Å²) in [4.78, 5) is 21.7. The third-order valence-corrected chi connectivity index (χ3v) is 2.43. The third kappa shape index (κ3) is 3.13. The number of benzene rings is 1. The Kier molecular flexibility index (Phi) is 3.80. The molecule has 6 heteroatoms. The number of nitrogen functional groups attached to an aromatic ring is 1. The van der Waals surface area contributed by atoms with Gasteiger partial charge in [0.1, 0.15) is 12.4 Å². The first-order chi connectivity index (χ1) is 8.24. The van der Waals surface area contributed by atoms with Crippen LogP contribution < -0.4 is 10.5 Å². The lowest BCUT2D eigenvalue weighted by molar-refractivity contribution is -0.148. The number of carboxylic acid groups (broad SMARTS) is 2. The van der Waals surface area contributed by atoms with Crippen LogP contribution in [0.15, 0.2) is 18.2 Å². The molecule has 0 aliphatic heterocycles. The molecule has 98 valence electrons. The number of aromatic carboxylic acids is 1. The summed E-state index contributed by atoms with van der Waals surface area (Å²) in [5.74, 6) is -1.93. The minimum atomic E-state index is -1.10. The molecule has 0 atom stereocenters. The smallest absolute Gasteiger partial charge is 0.335 e. The maximum absolute atomic E-state index is 10.9. The van der Waals surface area contributed by atoms with Gasteiger partial charge in [0.2, 0.25) is 0 Å². The molecule has 0 amide bonds. The van der Waals surface area contributed by atoms with Crippen LogP contribution in [0.4, 0.5) is 5.69 Å². The predicted octanol–water partition coefficient (Wildman–Crippen LogP) is 1.46. The van der Waals surface area contributed by atoms with Gasteiger partial charge in [0.05, 0.1) is 16.7 Å². The van der Waals surface area contributed by atoms with Crippen LogP contribution in [0.2, 0.25) is 0 Å². The Bertz CT molecular complexity index is 481. The molecular weight excluding hydrogens is 238 g/mol. The molecule has 1 aromatic rings. The lowest BCUT2D eigenvalue weighted by Crippen LogP contribution is -2.30. The van der Waals surface area contributed by atoms with E-state index in [0.717, 1.165) is 0 Å². The maximum Gasteiger partial charge on any atom is 0.335 e. The number of carboxylic acids is 2. The molecule has 0 bridgehead atoms. The highest BCUT2D eigenvalue weighted by Gasteiger charge is 2.28. The van der Waals surface area contributed by atoms with Gasteiger partial charge >= 0.3 is 11.9 Å². The molecule has 18 heavy (non-hydrogen) atoms. The van der Waals surface area contributed by atoms with Crippen molar-refractivity contribution >= 4 is 17.6 Å². The van der Waals surface area contributed by atoms with E-state index in [1.807, 2.05) is 0 Å². The minimum Gasteiger partial charge on any atom is -0.490 e. The molecular formula is C12H15NO5. The van der Waals surface area contributed by atoms with E-state index in [0.29, 0.717) is 0 Å². The topological polar surface area (TPSA) is 110 Å². The zero-order valence-electron chi connectivity index (χ0n) is 10.1. The first-order valence-electron chi connectivity index (χ1n) is 5.23. The van der Waals surface area contributed by atoms with Gasteiger partial charge in [-0.05, 0) is 32.0 Å². The maximum atomic E-state index is 10.9. The molecule has 0 saturated heterocycles. The molecule has 1 aromatic carbocycles. The van der Waals surface area contributed by atoms with Crippen molar-refractivity contribution in [3.63, 3.8) is 0 Å². The Hall–Kier alpha value is -2.24. The summed E-state index contributed by atoms with van der Waals surface area (Å²) in [7, 11) is 0. The van der Waals surface area contributed by atoms with Gasteiger partial charge in [-0.3, -0.25) is 4.79 Å². The van der Waals surface area contributed by atoms with Crippen molar-refractivity contribution in [2.45, 2.75) is 13.8 Å². The van der Waals surface area contributed by atoms with Crippen LogP contribution in [0, 0.1) is 5.41 Å². The molecule has 0 aromatic heterocycles. The number of rotatable bonds is 5. The lowest BCUT2D eigenvalue weighted by Gasteiger charge is -2.20. The van der Waals surface area contributed by atoms with E-state index in [-0.39, 0.29) is 23.6 Å². The van der Waals surface area contributed by atoms with Crippen molar-refractivity contribution in [3.8, 4) is 5.75 Å². The molecule has 6 nitrogen and oxygen atoms in total.